The minimum absolute atomic E-state index is 0.00191. The third kappa shape index (κ3) is 7.78. The second kappa shape index (κ2) is 10.1. The smallest absolute Gasteiger partial charge is 0.329 e. The van der Waals surface area contributed by atoms with Gasteiger partial charge in [0.25, 0.3) is 5.91 Å². The molecule has 1 aromatic rings. The Hall–Kier alpha value is -2.41. The molecule has 1 unspecified atom stereocenters. The summed E-state index contributed by atoms with van der Waals surface area (Å²) in [6.07, 6.45) is 0. The Kier molecular flexibility index (Phi) is 8.43. The van der Waals surface area contributed by atoms with Gasteiger partial charge in [0.15, 0.2) is 0 Å². The molecule has 1 atom stereocenters. The van der Waals surface area contributed by atoms with Gasteiger partial charge in [-0.25, -0.2) is 4.79 Å². The Morgan fingerprint density at radius 1 is 1.11 bits per heavy atom. The van der Waals surface area contributed by atoms with Crippen molar-refractivity contribution in [3.63, 3.8) is 0 Å². The molecule has 0 fully saturated rings. The Morgan fingerprint density at radius 2 is 1.70 bits per heavy atom. The number of ether oxygens (including phenoxy) is 1. The number of carbonyl (C=O) groups excluding carboxylic acids is 2. The third-order valence-corrected chi connectivity index (χ3v) is 4.02. The van der Waals surface area contributed by atoms with E-state index < -0.39 is 18.6 Å². The Morgan fingerprint density at radius 3 is 2.19 bits per heavy atom. The zero-order chi connectivity index (χ0) is 20.6. The minimum atomic E-state index is -1.06. The van der Waals surface area contributed by atoms with Gasteiger partial charge in [-0.15, -0.1) is 0 Å². The molecule has 0 bridgehead atoms. The van der Waals surface area contributed by atoms with Gasteiger partial charge in [-0.2, -0.15) is 0 Å². The van der Waals surface area contributed by atoms with Gasteiger partial charge in [0.05, 0.1) is 6.61 Å². The van der Waals surface area contributed by atoms with Gasteiger partial charge >= 0.3 is 5.97 Å². The molecule has 0 radical (unpaired) electrons. The van der Waals surface area contributed by atoms with E-state index in [0.717, 1.165) is 5.56 Å². The lowest BCUT2D eigenvalue weighted by molar-refractivity contribution is -0.142. The molecule has 0 heterocycles. The minimum Gasteiger partial charge on any atom is -0.480 e. The summed E-state index contributed by atoms with van der Waals surface area (Å²) in [6.45, 7) is 9.83. The lowest BCUT2D eigenvalue weighted by Crippen LogP contribution is -2.50. The van der Waals surface area contributed by atoms with Gasteiger partial charge in [0, 0.05) is 12.1 Å². The first-order chi connectivity index (χ1) is 12.5. The number of benzene rings is 1. The molecule has 0 aliphatic carbocycles. The molecular formula is C20H30N2O5. The maximum atomic E-state index is 12.5. The van der Waals surface area contributed by atoms with Crippen molar-refractivity contribution in [1.29, 1.82) is 0 Å². The fourth-order valence-electron chi connectivity index (χ4n) is 2.40. The van der Waals surface area contributed by atoms with Crippen molar-refractivity contribution in [2.24, 2.45) is 5.92 Å². The van der Waals surface area contributed by atoms with Crippen LogP contribution < -0.4 is 10.6 Å². The van der Waals surface area contributed by atoms with E-state index in [0.29, 0.717) is 5.56 Å². The van der Waals surface area contributed by atoms with Gasteiger partial charge in [-0.05, 0) is 29.0 Å². The number of carboxylic acid groups (broad SMARTS) is 1. The van der Waals surface area contributed by atoms with Crippen LogP contribution in [0.5, 0.6) is 0 Å². The molecule has 0 saturated heterocycles. The zero-order valence-corrected chi connectivity index (χ0v) is 16.7. The van der Waals surface area contributed by atoms with Crippen molar-refractivity contribution >= 4 is 17.8 Å². The average Bonchev–Trinajstić information content (AvgIpc) is 2.57. The Bertz CT molecular complexity index is 647. The summed E-state index contributed by atoms with van der Waals surface area (Å²) in [5.74, 6) is -1.82. The van der Waals surface area contributed by atoms with Crippen molar-refractivity contribution in [1.82, 2.24) is 10.6 Å². The van der Waals surface area contributed by atoms with E-state index in [1.165, 1.54) is 0 Å². The largest absolute Gasteiger partial charge is 0.480 e. The van der Waals surface area contributed by atoms with Crippen molar-refractivity contribution < 1.29 is 24.2 Å². The second-order valence-corrected chi connectivity index (χ2v) is 7.76. The first-order valence-electron chi connectivity index (χ1n) is 9.01. The molecule has 3 N–H and O–H groups in total. The average molecular weight is 378 g/mol. The van der Waals surface area contributed by atoms with Crippen LogP contribution in [-0.2, 0) is 19.7 Å². The van der Waals surface area contributed by atoms with Gasteiger partial charge in [0.2, 0.25) is 5.91 Å². The van der Waals surface area contributed by atoms with E-state index >= 15 is 0 Å². The lowest BCUT2D eigenvalue weighted by atomic mass is 9.86. The van der Waals surface area contributed by atoms with E-state index in [2.05, 4.69) is 31.4 Å². The van der Waals surface area contributed by atoms with Crippen LogP contribution in [0.2, 0.25) is 0 Å². The van der Waals surface area contributed by atoms with Crippen LogP contribution in [0.1, 0.15) is 50.5 Å². The van der Waals surface area contributed by atoms with Crippen molar-refractivity contribution in [3.05, 3.63) is 35.4 Å². The van der Waals surface area contributed by atoms with Gasteiger partial charge < -0.3 is 20.5 Å². The predicted molar refractivity (Wildman–Crippen MR) is 103 cm³/mol. The second-order valence-electron chi connectivity index (χ2n) is 7.76. The maximum Gasteiger partial charge on any atom is 0.329 e. The van der Waals surface area contributed by atoms with E-state index in [9.17, 15) is 14.4 Å². The van der Waals surface area contributed by atoms with Crippen LogP contribution in [-0.4, -0.2) is 48.7 Å². The summed E-state index contributed by atoms with van der Waals surface area (Å²) >= 11 is 0. The molecule has 1 aromatic carbocycles. The first kappa shape index (κ1) is 22.6. The molecule has 0 aromatic heterocycles. The number of hydrogen-bond donors (Lipinski definition) is 3. The molecular weight excluding hydrogens is 348 g/mol. The van der Waals surface area contributed by atoms with Gasteiger partial charge in [-0.1, -0.05) is 46.8 Å². The Balaban J connectivity index is 2.63. The third-order valence-electron chi connectivity index (χ3n) is 4.02. The number of nitrogens with one attached hydrogen (secondary N) is 2. The molecule has 7 nitrogen and oxygen atoms in total. The van der Waals surface area contributed by atoms with E-state index in [-0.39, 0.29) is 36.3 Å². The van der Waals surface area contributed by atoms with Crippen LogP contribution in [0.4, 0.5) is 0 Å². The first-order valence-corrected chi connectivity index (χ1v) is 9.01. The summed E-state index contributed by atoms with van der Waals surface area (Å²) in [4.78, 5) is 35.2. The fourth-order valence-corrected chi connectivity index (χ4v) is 2.40. The SMILES string of the molecule is CC(C)C(NC(=O)c1ccc(C(C)(C)C)cc1)C(=O)NCCOCC(=O)O. The van der Waals surface area contributed by atoms with Crippen LogP contribution >= 0.6 is 0 Å². The molecule has 1 rings (SSSR count). The van der Waals surface area contributed by atoms with Crippen LogP contribution in [0, 0.1) is 5.92 Å². The fraction of sp³-hybridized carbons (Fsp3) is 0.550. The van der Waals surface area contributed by atoms with Crippen LogP contribution in [0.25, 0.3) is 0 Å². The van der Waals surface area contributed by atoms with Crippen molar-refractivity contribution in [2.75, 3.05) is 19.8 Å². The highest BCUT2D eigenvalue weighted by Gasteiger charge is 2.24. The summed E-state index contributed by atoms with van der Waals surface area (Å²) in [5.41, 5.74) is 1.61. The van der Waals surface area contributed by atoms with Gasteiger partial charge in [0.1, 0.15) is 12.6 Å². The Labute approximate surface area is 160 Å². The quantitative estimate of drug-likeness (QED) is 0.570. The number of rotatable bonds is 9. The van der Waals surface area contributed by atoms with E-state index in [1.807, 2.05) is 26.0 Å². The van der Waals surface area contributed by atoms with Gasteiger partial charge in [-0.3, -0.25) is 9.59 Å². The summed E-state index contributed by atoms with van der Waals surface area (Å²) in [5, 5.41) is 13.9. The number of aliphatic carboxylic acids is 1. The van der Waals surface area contributed by atoms with Crippen LogP contribution in [0.3, 0.4) is 0 Å². The highest BCUT2D eigenvalue weighted by atomic mass is 16.5. The topological polar surface area (TPSA) is 105 Å². The molecule has 0 saturated carbocycles. The maximum absolute atomic E-state index is 12.5. The van der Waals surface area contributed by atoms with Crippen molar-refractivity contribution in [2.45, 2.75) is 46.1 Å². The predicted octanol–water partition coefficient (Wildman–Crippen LogP) is 1.96. The summed E-state index contributed by atoms with van der Waals surface area (Å²) in [7, 11) is 0. The zero-order valence-electron chi connectivity index (χ0n) is 16.7. The molecule has 0 aliphatic rings. The van der Waals surface area contributed by atoms with E-state index in [4.69, 9.17) is 9.84 Å². The molecule has 27 heavy (non-hydrogen) atoms. The number of hydrogen-bond acceptors (Lipinski definition) is 4. The number of carbonyl (C=O) groups is 3. The summed E-state index contributed by atoms with van der Waals surface area (Å²) < 4.78 is 4.87. The molecule has 0 aliphatic heterocycles. The van der Waals surface area contributed by atoms with E-state index in [1.54, 1.807) is 12.1 Å². The van der Waals surface area contributed by atoms with Crippen molar-refractivity contribution in [3.8, 4) is 0 Å². The molecule has 150 valence electrons. The molecule has 7 heteroatoms. The molecule has 2 amide bonds. The monoisotopic (exact) mass is 378 g/mol. The highest BCUT2D eigenvalue weighted by Crippen LogP contribution is 2.22. The summed E-state index contributed by atoms with van der Waals surface area (Å²) in [6, 6.07) is 6.65. The number of carboxylic acids is 1. The number of amides is 2. The molecule has 0 spiro atoms. The lowest BCUT2D eigenvalue weighted by Gasteiger charge is -2.22. The normalized spacial score (nSPS) is 12.5. The van der Waals surface area contributed by atoms with Crippen LogP contribution in [0.15, 0.2) is 24.3 Å². The standard InChI is InChI=1S/C20H30N2O5/c1-13(2)17(19(26)21-10-11-27-12-16(23)24)22-18(25)14-6-8-15(9-7-14)20(3,4)5/h6-9,13,17H,10-12H2,1-5H3,(H,21,26)(H,22,25)(H,23,24). The highest BCUT2D eigenvalue weighted by molar-refractivity contribution is 5.97.